The predicted molar refractivity (Wildman–Crippen MR) is 95.9 cm³/mol. The molecule has 0 radical (unpaired) electrons. The minimum atomic E-state index is -4.41. The third kappa shape index (κ3) is 4.95. The lowest BCUT2D eigenvalue weighted by atomic mass is 10.1. The van der Waals surface area contributed by atoms with E-state index >= 15 is 0 Å². The van der Waals surface area contributed by atoms with E-state index in [-0.39, 0.29) is 5.82 Å². The van der Waals surface area contributed by atoms with Crippen molar-refractivity contribution in [2.24, 2.45) is 0 Å². The highest BCUT2D eigenvalue weighted by Gasteiger charge is 2.32. The second-order valence-corrected chi connectivity index (χ2v) is 6.65. The SMILES string of the molecule is CN(Cc1ccccc1)C1CN(CCNc2cccc(C(F)(F)F)n2)C1. The van der Waals surface area contributed by atoms with Crippen molar-refractivity contribution in [3.63, 3.8) is 0 Å². The number of benzene rings is 1. The molecule has 7 heteroatoms. The first-order valence-corrected chi connectivity index (χ1v) is 8.66. The van der Waals surface area contributed by atoms with Gasteiger partial charge in [-0.25, -0.2) is 4.98 Å². The number of nitrogens with zero attached hydrogens (tertiary/aromatic N) is 3. The van der Waals surface area contributed by atoms with Gasteiger partial charge in [0.25, 0.3) is 0 Å². The van der Waals surface area contributed by atoms with E-state index in [4.69, 9.17) is 0 Å². The van der Waals surface area contributed by atoms with Crippen LogP contribution < -0.4 is 5.32 Å². The summed E-state index contributed by atoms with van der Waals surface area (Å²) >= 11 is 0. The average Bonchev–Trinajstić information content (AvgIpc) is 2.57. The molecule has 0 amide bonds. The van der Waals surface area contributed by atoms with Crippen molar-refractivity contribution < 1.29 is 13.2 Å². The molecule has 2 heterocycles. The lowest BCUT2D eigenvalue weighted by Crippen LogP contribution is -2.58. The molecule has 1 saturated heterocycles. The summed E-state index contributed by atoms with van der Waals surface area (Å²) in [4.78, 5) is 8.24. The number of nitrogens with one attached hydrogen (secondary N) is 1. The second kappa shape index (κ2) is 8.05. The molecule has 1 aliphatic rings. The Morgan fingerprint density at radius 2 is 1.85 bits per heavy atom. The van der Waals surface area contributed by atoms with Gasteiger partial charge in [-0.15, -0.1) is 0 Å². The van der Waals surface area contributed by atoms with Crippen molar-refractivity contribution in [3.05, 3.63) is 59.8 Å². The van der Waals surface area contributed by atoms with Crippen molar-refractivity contribution in [1.29, 1.82) is 0 Å². The van der Waals surface area contributed by atoms with Crippen LogP contribution in [0.5, 0.6) is 0 Å². The molecule has 0 atom stereocenters. The van der Waals surface area contributed by atoms with Crippen LogP contribution >= 0.6 is 0 Å². The molecule has 0 unspecified atom stereocenters. The number of aromatic nitrogens is 1. The van der Waals surface area contributed by atoms with Gasteiger partial charge in [-0.2, -0.15) is 13.2 Å². The first-order valence-electron chi connectivity index (χ1n) is 8.66. The summed E-state index contributed by atoms with van der Waals surface area (Å²) in [6.45, 7) is 4.23. The van der Waals surface area contributed by atoms with Gasteiger partial charge in [-0.05, 0) is 24.7 Å². The fourth-order valence-corrected chi connectivity index (χ4v) is 3.04. The van der Waals surface area contributed by atoms with Crippen LogP contribution in [0.2, 0.25) is 0 Å². The van der Waals surface area contributed by atoms with Gasteiger partial charge in [-0.3, -0.25) is 9.80 Å². The Hall–Kier alpha value is -2.12. The Bertz CT molecular complexity index is 699. The monoisotopic (exact) mass is 364 g/mol. The van der Waals surface area contributed by atoms with Crippen LogP contribution in [0.3, 0.4) is 0 Å². The van der Waals surface area contributed by atoms with E-state index in [9.17, 15) is 13.2 Å². The van der Waals surface area contributed by atoms with Gasteiger partial charge in [0, 0.05) is 38.8 Å². The summed E-state index contributed by atoms with van der Waals surface area (Å²) in [5, 5.41) is 2.97. The summed E-state index contributed by atoms with van der Waals surface area (Å²) in [7, 11) is 2.12. The van der Waals surface area contributed by atoms with Gasteiger partial charge in [0.05, 0.1) is 0 Å². The Morgan fingerprint density at radius 1 is 1.12 bits per heavy atom. The molecule has 140 valence electrons. The molecule has 0 bridgehead atoms. The molecular formula is C19H23F3N4. The van der Waals surface area contributed by atoms with E-state index in [2.05, 4.69) is 39.3 Å². The minimum absolute atomic E-state index is 0.262. The number of likely N-dealkylation sites (N-methyl/N-ethyl adjacent to an activating group) is 1. The predicted octanol–water partition coefficient (Wildman–Crippen LogP) is 3.33. The van der Waals surface area contributed by atoms with Gasteiger partial charge >= 0.3 is 6.18 Å². The summed E-state index contributed by atoms with van der Waals surface area (Å²) in [6, 6.07) is 14.8. The van der Waals surface area contributed by atoms with Crippen LogP contribution in [0.4, 0.5) is 19.0 Å². The summed E-state index contributed by atoms with van der Waals surface area (Å²) < 4.78 is 38.0. The zero-order valence-corrected chi connectivity index (χ0v) is 14.7. The molecule has 1 aliphatic heterocycles. The average molecular weight is 364 g/mol. The maximum absolute atomic E-state index is 12.7. The molecule has 0 spiro atoms. The van der Waals surface area contributed by atoms with Crippen LogP contribution in [0.15, 0.2) is 48.5 Å². The Balaban J connectivity index is 1.37. The third-order valence-corrected chi connectivity index (χ3v) is 4.61. The highest BCUT2D eigenvalue weighted by atomic mass is 19.4. The highest BCUT2D eigenvalue weighted by molar-refractivity contribution is 5.35. The molecule has 26 heavy (non-hydrogen) atoms. The third-order valence-electron chi connectivity index (χ3n) is 4.61. The maximum Gasteiger partial charge on any atom is 0.433 e. The molecule has 1 N–H and O–H groups in total. The zero-order chi connectivity index (χ0) is 18.6. The number of halogens is 3. The Labute approximate surface area is 151 Å². The molecule has 0 saturated carbocycles. The summed E-state index contributed by atoms with van der Waals surface area (Å²) in [6.07, 6.45) is -4.41. The fraction of sp³-hybridized carbons (Fsp3) is 0.421. The van der Waals surface area contributed by atoms with Crippen molar-refractivity contribution >= 4 is 5.82 Å². The van der Waals surface area contributed by atoms with E-state index in [1.807, 2.05) is 18.2 Å². The molecule has 1 fully saturated rings. The van der Waals surface area contributed by atoms with Crippen LogP contribution in [-0.2, 0) is 12.7 Å². The number of hydrogen-bond acceptors (Lipinski definition) is 4. The van der Waals surface area contributed by atoms with Crippen LogP contribution in [0, 0.1) is 0 Å². The fourth-order valence-electron chi connectivity index (χ4n) is 3.04. The van der Waals surface area contributed by atoms with Gasteiger partial charge < -0.3 is 5.32 Å². The summed E-state index contributed by atoms with van der Waals surface area (Å²) in [5.74, 6) is 0.262. The topological polar surface area (TPSA) is 31.4 Å². The van der Waals surface area contributed by atoms with E-state index in [1.165, 1.54) is 11.6 Å². The molecule has 2 aromatic rings. The first kappa shape index (κ1) is 18.7. The maximum atomic E-state index is 12.7. The minimum Gasteiger partial charge on any atom is -0.369 e. The van der Waals surface area contributed by atoms with Crippen LogP contribution in [0.1, 0.15) is 11.3 Å². The molecule has 3 rings (SSSR count). The van der Waals surface area contributed by atoms with Crippen LogP contribution in [-0.4, -0.2) is 54.1 Å². The number of hydrogen-bond donors (Lipinski definition) is 1. The number of pyridine rings is 1. The van der Waals surface area contributed by atoms with Gasteiger partial charge in [0.1, 0.15) is 11.5 Å². The smallest absolute Gasteiger partial charge is 0.369 e. The molecule has 1 aromatic carbocycles. The molecule has 1 aromatic heterocycles. The van der Waals surface area contributed by atoms with E-state index in [0.29, 0.717) is 12.6 Å². The zero-order valence-electron chi connectivity index (χ0n) is 14.7. The Morgan fingerprint density at radius 3 is 2.54 bits per heavy atom. The standard InChI is InChI=1S/C19H23F3N4/c1-25(12-15-6-3-2-4-7-15)16-13-26(14-16)11-10-23-18-9-5-8-17(24-18)19(20,21)22/h2-9,16H,10-14H2,1H3,(H,23,24). The van der Waals surface area contributed by atoms with E-state index < -0.39 is 11.9 Å². The van der Waals surface area contributed by atoms with Crippen molar-refractivity contribution in [1.82, 2.24) is 14.8 Å². The lowest BCUT2D eigenvalue weighted by Gasteiger charge is -2.44. The van der Waals surface area contributed by atoms with Gasteiger partial charge in [0.2, 0.25) is 0 Å². The summed E-state index contributed by atoms with van der Waals surface area (Å²) in [5.41, 5.74) is 0.430. The first-order chi connectivity index (χ1) is 12.4. The number of likely N-dealkylation sites (tertiary alicyclic amines) is 1. The quantitative estimate of drug-likeness (QED) is 0.817. The van der Waals surface area contributed by atoms with E-state index in [1.54, 1.807) is 6.07 Å². The van der Waals surface area contributed by atoms with E-state index in [0.717, 1.165) is 32.2 Å². The molecule has 4 nitrogen and oxygen atoms in total. The molecule has 0 aliphatic carbocycles. The van der Waals surface area contributed by atoms with Crippen LogP contribution in [0.25, 0.3) is 0 Å². The number of anilines is 1. The van der Waals surface area contributed by atoms with Crippen molar-refractivity contribution in [2.75, 3.05) is 38.5 Å². The van der Waals surface area contributed by atoms with Crippen molar-refractivity contribution in [2.45, 2.75) is 18.8 Å². The number of rotatable bonds is 7. The Kier molecular flexibility index (Phi) is 5.78. The molecular weight excluding hydrogens is 341 g/mol. The highest BCUT2D eigenvalue weighted by Crippen LogP contribution is 2.28. The normalized spacial score (nSPS) is 15.9. The number of alkyl halides is 3. The van der Waals surface area contributed by atoms with Gasteiger partial charge in [0.15, 0.2) is 0 Å². The van der Waals surface area contributed by atoms with Gasteiger partial charge in [-0.1, -0.05) is 36.4 Å². The van der Waals surface area contributed by atoms with Crippen molar-refractivity contribution in [3.8, 4) is 0 Å². The lowest BCUT2D eigenvalue weighted by molar-refractivity contribution is -0.141. The largest absolute Gasteiger partial charge is 0.433 e. The second-order valence-electron chi connectivity index (χ2n) is 6.65.